The van der Waals surface area contributed by atoms with Gasteiger partial charge in [0.25, 0.3) is 5.91 Å². The van der Waals surface area contributed by atoms with Gasteiger partial charge in [0.15, 0.2) is 0 Å². The lowest BCUT2D eigenvalue weighted by Gasteiger charge is -2.21. The first kappa shape index (κ1) is 15.0. The third-order valence-corrected chi connectivity index (χ3v) is 6.08. The summed E-state index contributed by atoms with van der Waals surface area (Å²) in [5.41, 5.74) is 1.37. The van der Waals surface area contributed by atoms with E-state index in [4.69, 9.17) is 0 Å². The Hall–Kier alpha value is -0.870. The first-order valence-electron chi connectivity index (χ1n) is 8.24. The molecule has 3 rings (SSSR count). The highest BCUT2D eigenvalue weighted by atomic mass is 32.1. The zero-order chi connectivity index (χ0) is 14.8. The fraction of sp³-hybridized carbons (Fsp3) is 0.706. The number of aliphatic hydroxyl groups excluding tert-OH is 1. The molecule has 0 radical (unpaired) electrons. The number of aryl methyl sites for hydroxylation is 1. The van der Waals surface area contributed by atoms with Gasteiger partial charge in [0.1, 0.15) is 0 Å². The Morgan fingerprint density at radius 1 is 1.29 bits per heavy atom. The van der Waals surface area contributed by atoms with Crippen molar-refractivity contribution in [2.75, 3.05) is 0 Å². The Bertz CT molecular complexity index is 511. The predicted octanol–water partition coefficient (Wildman–Crippen LogP) is 3.30. The van der Waals surface area contributed by atoms with Gasteiger partial charge in [0.05, 0.1) is 17.0 Å². The summed E-state index contributed by atoms with van der Waals surface area (Å²) in [7, 11) is 0. The normalized spacial score (nSPS) is 29.5. The van der Waals surface area contributed by atoms with Crippen molar-refractivity contribution in [3.8, 4) is 0 Å². The molecule has 1 fully saturated rings. The van der Waals surface area contributed by atoms with Crippen molar-refractivity contribution >= 4 is 17.2 Å². The van der Waals surface area contributed by atoms with Crippen LogP contribution in [0.25, 0.3) is 0 Å². The second-order valence-corrected chi connectivity index (χ2v) is 7.83. The van der Waals surface area contributed by atoms with Crippen molar-refractivity contribution in [1.82, 2.24) is 5.32 Å². The van der Waals surface area contributed by atoms with Gasteiger partial charge in [0, 0.05) is 4.88 Å². The number of aliphatic hydroxyl groups is 1. The maximum Gasteiger partial charge on any atom is 0.261 e. The van der Waals surface area contributed by atoms with E-state index in [1.54, 1.807) is 11.3 Å². The topological polar surface area (TPSA) is 49.3 Å². The molecule has 4 heteroatoms. The highest BCUT2D eigenvalue weighted by Crippen LogP contribution is 2.32. The van der Waals surface area contributed by atoms with E-state index < -0.39 is 0 Å². The quantitative estimate of drug-likeness (QED) is 0.824. The molecule has 1 aromatic rings. The molecular weight excluding hydrogens is 282 g/mol. The number of hydrogen-bond donors (Lipinski definition) is 2. The smallest absolute Gasteiger partial charge is 0.261 e. The fourth-order valence-electron chi connectivity index (χ4n) is 3.51. The molecule has 0 bridgehead atoms. The maximum absolute atomic E-state index is 12.5. The van der Waals surface area contributed by atoms with E-state index in [-0.39, 0.29) is 18.1 Å². The molecule has 1 heterocycles. The van der Waals surface area contributed by atoms with E-state index in [9.17, 15) is 9.90 Å². The van der Waals surface area contributed by atoms with Gasteiger partial charge < -0.3 is 10.4 Å². The molecule has 3 atom stereocenters. The lowest BCUT2D eigenvalue weighted by molar-refractivity contribution is 0.0822. The van der Waals surface area contributed by atoms with E-state index >= 15 is 0 Å². The number of fused-ring (bicyclic) bond motifs is 1. The molecule has 3 nitrogen and oxygen atoms in total. The molecule has 0 spiro atoms. The average molecular weight is 307 g/mol. The van der Waals surface area contributed by atoms with Gasteiger partial charge in [-0.1, -0.05) is 26.2 Å². The van der Waals surface area contributed by atoms with E-state index in [1.165, 1.54) is 16.9 Å². The zero-order valence-electron chi connectivity index (χ0n) is 12.7. The molecule has 21 heavy (non-hydrogen) atoms. The molecule has 1 saturated carbocycles. The predicted molar refractivity (Wildman–Crippen MR) is 85.9 cm³/mol. The van der Waals surface area contributed by atoms with E-state index in [2.05, 4.69) is 18.3 Å². The van der Waals surface area contributed by atoms with E-state index in [1.807, 2.05) is 0 Å². The molecule has 116 valence electrons. The Morgan fingerprint density at radius 3 is 2.95 bits per heavy atom. The summed E-state index contributed by atoms with van der Waals surface area (Å²) in [4.78, 5) is 14.7. The summed E-state index contributed by atoms with van der Waals surface area (Å²) in [6, 6.07) is 2.01. The lowest BCUT2D eigenvalue weighted by atomic mass is 9.90. The van der Waals surface area contributed by atoms with Crippen LogP contribution < -0.4 is 5.32 Å². The maximum atomic E-state index is 12.5. The van der Waals surface area contributed by atoms with Crippen molar-refractivity contribution in [1.29, 1.82) is 0 Å². The number of hydrogen-bond acceptors (Lipinski definition) is 3. The number of nitrogens with one attached hydrogen (secondary N) is 1. The molecule has 2 aliphatic carbocycles. The van der Waals surface area contributed by atoms with Gasteiger partial charge in [0.2, 0.25) is 0 Å². The number of amides is 1. The monoisotopic (exact) mass is 307 g/mol. The molecule has 0 saturated heterocycles. The highest BCUT2D eigenvalue weighted by Gasteiger charge is 2.26. The zero-order valence-corrected chi connectivity index (χ0v) is 13.5. The van der Waals surface area contributed by atoms with Crippen LogP contribution in [0, 0.1) is 5.92 Å². The Labute approximate surface area is 130 Å². The molecule has 1 amide bonds. The van der Waals surface area contributed by atoms with Crippen molar-refractivity contribution < 1.29 is 9.90 Å². The Morgan fingerprint density at radius 2 is 2.10 bits per heavy atom. The Balaban J connectivity index is 1.67. The fourth-order valence-corrected chi connectivity index (χ4v) is 4.63. The minimum atomic E-state index is -0.383. The van der Waals surface area contributed by atoms with Crippen molar-refractivity contribution in [2.24, 2.45) is 5.92 Å². The van der Waals surface area contributed by atoms with Crippen molar-refractivity contribution in [3.63, 3.8) is 0 Å². The van der Waals surface area contributed by atoms with Gasteiger partial charge in [-0.05, 0) is 49.7 Å². The molecule has 0 aromatic carbocycles. The highest BCUT2D eigenvalue weighted by molar-refractivity contribution is 7.14. The summed E-state index contributed by atoms with van der Waals surface area (Å²) in [6.07, 6.45) is 8.10. The second-order valence-electron chi connectivity index (χ2n) is 6.69. The first-order chi connectivity index (χ1) is 10.1. The summed E-state index contributed by atoms with van der Waals surface area (Å²) in [5.74, 6) is 0.736. The number of rotatable bonds is 2. The standard InChI is InChI=1S/C17H25NO2S/c1-11-7-8-15-12(9-11)10-16(21-15)17(20)18-13-5-3-2-4-6-14(13)19/h10-11,13-14,19H,2-9H2,1H3,(H,18,20). The third kappa shape index (κ3) is 3.49. The number of carbonyl (C=O) groups excluding carboxylic acids is 1. The van der Waals surface area contributed by atoms with E-state index in [0.717, 1.165) is 55.7 Å². The molecule has 0 aliphatic heterocycles. The van der Waals surface area contributed by atoms with Gasteiger partial charge in [-0.2, -0.15) is 0 Å². The van der Waals surface area contributed by atoms with Gasteiger partial charge in [-0.25, -0.2) is 0 Å². The number of carbonyl (C=O) groups is 1. The third-order valence-electron chi connectivity index (χ3n) is 4.85. The van der Waals surface area contributed by atoms with Crippen LogP contribution >= 0.6 is 11.3 Å². The molecule has 1 aromatic heterocycles. The van der Waals surface area contributed by atoms with Gasteiger partial charge in [-0.15, -0.1) is 11.3 Å². The molecule has 3 unspecified atom stereocenters. The minimum absolute atomic E-state index is 0.00741. The van der Waals surface area contributed by atoms with Crippen LogP contribution in [-0.2, 0) is 12.8 Å². The minimum Gasteiger partial charge on any atom is -0.391 e. The van der Waals surface area contributed by atoms with Gasteiger partial charge in [-0.3, -0.25) is 4.79 Å². The summed E-state index contributed by atoms with van der Waals surface area (Å²) < 4.78 is 0. The summed E-state index contributed by atoms with van der Waals surface area (Å²) >= 11 is 1.65. The van der Waals surface area contributed by atoms with Crippen LogP contribution in [0.2, 0.25) is 0 Å². The van der Waals surface area contributed by atoms with Crippen LogP contribution in [0.3, 0.4) is 0 Å². The van der Waals surface area contributed by atoms with Crippen LogP contribution in [-0.4, -0.2) is 23.2 Å². The molecule has 2 N–H and O–H groups in total. The average Bonchev–Trinajstić information content (AvgIpc) is 2.78. The number of thiophene rings is 1. The largest absolute Gasteiger partial charge is 0.391 e. The van der Waals surface area contributed by atoms with Crippen LogP contribution in [0.5, 0.6) is 0 Å². The van der Waals surface area contributed by atoms with Crippen LogP contribution in [0.15, 0.2) is 6.07 Å². The van der Waals surface area contributed by atoms with Crippen molar-refractivity contribution in [2.45, 2.75) is 70.4 Å². The van der Waals surface area contributed by atoms with Crippen LogP contribution in [0.4, 0.5) is 0 Å². The van der Waals surface area contributed by atoms with Crippen molar-refractivity contribution in [3.05, 3.63) is 21.4 Å². The summed E-state index contributed by atoms with van der Waals surface area (Å²) in [5, 5.41) is 13.2. The SMILES string of the molecule is CC1CCc2sc(C(=O)NC3CCCCCC3O)cc2C1. The molecule has 2 aliphatic rings. The first-order valence-corrected chi connectivity index (χ1v) is 9.05. The van der Waals surface area contributed by atoms with E-state index in [0.29, 0.717) is 0 Å². The van der Waals surface area contributed by atoms with Gasteiger partial charge >= 0.3 is 0 Å². The van der Waals surface area contributed by atoms with Crippen LogP contribution in [0.1, 0.15) is 65.6 Å². The Kier molecular flexibility index (Phi) is 4.65. The second kappa shape index (κ2) is 6.49. The lowest BCUT2D eigenvalue weighted by Crippen LogP contribution is -2.42. The summed E-state index contributed by atoms with van der Waals surface area (Å²) in [6.45, 7) is 2.28. The molecular formula is C17H25NO2S.